The van der Waals surface area contributed by atoms with Gasteiger partial charge in [-0.25, -0.2) is 14.4 Å². The third-order valence-electron chi connectivity index (χ3n) is 3.03. The Morgan fingerprint density at radius 3 is 2.09 bits per heavy atom. The number of hydrogen-bond donors (Lipinski definition) is 2. The quantitative estimate of drug-likeness (QED) is 0.702. The molecule has 0 aliphatic carbocycles. The highest BCUT2D eigenvalue weighted by atomic mass is 35.5. The molecular formula is C17H14ClFN4. The topological polar surface area (TPSA) is 49.8 Å². The Hall–Kier alpha value is -2.66. The van der Waals surface area contributed by atoms with Gasteiger partial charge in [0.15, 0.2) is 0 Å². The Morgan fingerprint density at radius 2 is 1.48 bits per heavy atom. The van der Waals surface area contributed by atoms with Gasteiger partial charge < -0.3 is 10.6 Å². The van der Waals surface area contributed by atoms with Crippen LogP contribution in [0.15, 0.2) is 54.6 Å². The van der Waals surface area contributed by atoms with Crippen molar-refractivity contribution < 1.29 is 4.39 Å². The molecule has 6 heteroatoms. The molecule has 0 bridgehead atoms. The number of aromatic nitrogens is 2. The molecule has 2 aromatic carbocycles. The largest absolute Gasteiger partial charge is 0.340 e. The third kappa shape index (κ3) is 4.17. The smallest absolute Gasteiger partial charge is 0.136 e. The Bertz CT molecular complexity index is 773. The Morgan fingerprint density at radius 1 is 0.870 bits per heavy atom. The number of aryl methyl sites for hydroxylation is 1. The van der Waals surface area contributed by atoms with Crippen molar-refractivity contribution in [3.8, 4) is 0 Å². The molecule has 1 aromatic heterocycles. The zero-order valence-corrected chi connectivity index (χ0v) is 13.1. The first-order valence-corrected chi connectivity index (χ1v) is 7.37. The standard InChI is InChI=1S/C17H14ClFN4/c1-11-20-16(22-14-6-2-4-12(18)8-14)10-17(21-11)23-15-7-3-5-13(19)9-15/h2-10H,1H3,(H2,20,21,22,23). The number of nitrogens with zero attached hydrogens (tertiary/aromatic N) is 2. The van der Waals surface area contributed by atoms with Gasteiger partial charge in [-0.05, 0) is 43.3 Å². The molecule has 2 N–H and O–H groups in total. The molecule has 0 radical (unpaired) electrons. The maximum Gasteiger partial charge on any atom is 0.136 e. The van der Waals surface area contributed by atoms with Crippen molar-refractivity contribution >= 4 is 34.6 Å². The second kappa shape index (κ2) is 6.62. The van der Waals surface area contributed by atoms with Crippen LogP contribution >= 0.6 is 11.6 Å². The minimum atomic E-state index is -0.307. The first-order valence-electron chi connectivity index (χ1n) is 6.99. The maximum absolute atomic E-state index is 13.3. The van der Waals surface area contributed by atoms with Gasteiger partial charge in [0.25, 0.3) is 0 Å². The molecule has 0 saturated carbocycles. The predicted octanol–water partition coefficient (Wildman–Crippen LogP) is 5.06. The summed E-state index contributed by atoms with van der Waals surface area (Å²) in [5.41, 5.74) is 1.45. The lowest BCUT2D eigenvalue weighted by atomic mass is 10.3. The van der Waals surface area contributed by atoms with Gasteiger partial charge in [-0.1, -0.05) is 23.7 Å². The molecule has 1 heterocycles. The summed E-state index contributed by atoms with van der Waals surface area (Å²) in [5.74, 6) is 1.49. The van der Waals surface area contributed by atoms with E-state index in [1.807, 2.05) is 12.1 Å². The van der Waals surface area contributed by atoms with E-state index in [9.17, 15) is 4.39 Å². The van der Waals surface area contributed by atoms with Crippen LogP contribution in [0.1, 0.15) is 5.82 Å². The number of nitrogens with one attached hydrogen (secondary N) is 2. The van der Waals surface area contributed by atoms with Crippen molar-refractivity contribution in [2.75, 3.05) is 10.6 Å². The lowest BCUT2D eigenvalue weighted by Crippen LogP contribution is -2.01. The highest BCUT2D eigenvalue weighted by molar-refractivity contribution is 6.30. The molecule has 0 atom stereocenters. The van der Waals surface area contributed by atoms with E-state index >= 15 is 0 Å². The van der Waals surface area contributed by atoms with Crippen LogP contribution in [0.2, 0.25) is 5.02 Å². The van der Waals surface area contributed by atoms with Crippen LogP contribution in [0.25, 0.3) is 0 Å². The SMILES string of the molecule is Cc1nc(Nc2cccc(F)c2)cc(Nc2cccc(Cl)c2)n1. The Labute approximate surface area is 138 Å². The summed E-state index contributed by atoms with van der Waals surface area (Å²) in [5, 5.41) is 6.88. The molecule has 0 aliphatic heterocycles. The van der Waals surface area contributed by atoms with Gasteiger partial charge >= 0.3 is 0 Å². The van der Waals surface area contributed by atoms with Gasteiger partial charge in [-0.15, -0.1) is 0 Å². The van der Waals surface area contributed by atoms with Crippen molar-refractivity contribution in [3.05, 3.63) is 71.3 Å². The van der Waals surface area contributed by atoms with E-state index in [0.717, 1.165) is 5.69 Å². The summed E-state index contributed by atoms with van der Waals surface area (Å²) in [4.78, 5) is 8.65. The fraction of sp³-hybridized carbons (Fsp3) is 0.0588. The molecule has 0 fully saturated rings. The van der Waals surface area contributed by atoms with Crippen molar-refractivity contribution in [1.82, 2.24) is 9.97 Å². The number of hydrogen-bond acceptors (Lipinski definition) is 4. The molecule has 0 aliphatic rings. The highest BCUT2D eigenvalue weighted by Gasteiger charge is 2.04. The fourth-order valence-electron chi connectivity index (χ4n) is 2.12. The second-order valence-electron chi connectivity index (χ2n) is 4.96. The van der Waals surface area contributed by atoms with E-state index in [-0.39, 0.29) is 5.82 Å². The van der Waals surface area contributed by atoms with Gasteiger partial charge in [-0.2, -0.15) is 0 Å². The van der Waals surface area contributed by atoms with E-state index in [2.05, 4.69) is 20.6 Å². The summed E-state index contributed by atoms with van der Waals surface area (Å²) in [6, 6.07) is 15.3. The molecule has 0 saturated heterocycles. The van der Waals surface area contributed by atoms with E-state index in [0.29, 0.717) is 28.2 Å². The zero-order chi connectivity index (χ0) is 16.2. The normalized spacial score (nSPS) is 10.4. The van der Waals surface area contributed by atoms with E-state index < -0.39 is 0 Å². The first-order chi connectivity index (χ1) is 11.1. The lowest BCUT2D eigenvalue weighted by molar-refractivity contribution is 0.628. The number of benzene rings is 2. The summed E-state index contributed by atoms with van der Waals surface area (Å²) in [7, 11) is 0. The monoisotopic (exact) mass is 328 g/mol. The minimum Gasteiger partial charge on any atom is -0.340 e. The van der Waals surface area contributed by atoms with Crippen molar-refractivity contribution in [2.24, 2.45) is 0 Å². The van der Waals surface area contributed by atoms with Gasteiger partial charge in [0, 0.05) is 22.5 Å². The van der Waals surface area contributed by atoms with Crippen molar-refractivity contribution in [1.29, 1.82) is 0 Å². The van der Waals surface area contributed by atoms with Gasteiger partial charge in [0.05, 0.1) is 0 Å². The van der Waals surface area contributed by atoms with Crippen LogP contribution in [0.4, 0.5) is 27.4 Å². The first kappa shape index (κ1) is 15.2. The zero-order valence-electron chi connectivity index (χ0n) is 12.3. The molecule has 116 valence electrons. The van der Waals surface area contributed by atoms with E-state index in [1.165, 1.54) is 12.1 Å². The summed E-state index contributed by atoms with van der Waals surface area (Å²) >= 11 is 5.98. The minimum absolute atomic E-state index is 0.307. The molecule has 0 spiro atoms. The van der Waals surface area contributed by atoms with Crippen LogP contribution in [-0.2, 0) is 0 Å². The summed E-state index contributed by atoms with van der Waals surface area (Å²) in [6.07, 6.45) is 0. The highest BCUT2D eigenvalue weighted by Crippen LogP contribution is 2.22. The summed E-state index contributed by atoms with van der Waals surface area (Å²) in [6.45, 7) is 1.79. The molecule has 3 aromatic rings. The second-order valence-corrected chi connectivity index (χ2v) is 5.39. The molecule has 3 rings (SSSR count). The average molecular weight is 329 g/mol. The number of halogens is 2. The van der Waals surface area contributed by atoms with Crippen LogP contribution in [-0.4, -0.2) is 9.97 Å². The van der Waals surface area contributed by atoms with E-state index in [1.54, 1.807) is 37.3 Å². The number of rotatable bonds is 4. The lowest BCUT2D eigenvalue weighted by Gasteiger charge is -2.10. The van der Waals surface area contributed by atoms with Gasteiger partial charge in [0.1, 0.15) is 23.3 Å². The molecular weight excluding hydrogens is 315 g/mol. The predicted molar refractivity (Wildman–Crippen MR) is 91.2 cm³/mol. The van der Waals surface area contributed by atoms with Crippen molar-refractivity contribution in [2.45, 2.75) is 6.92 Å². The number of anilines is 4. The molecule has 23 heavy (non-hydrogen) atoms. The maximum atomic E-state index is 13.3. The van der Waals surface area contributed by atoms with Crippen molar-refractivity contribution in [3.63, 3.8) is 0 Å². The van der Waals surface area contributed by atoms with Gasteiger partial charge in [0.2, 0.25) is 0 Å². The Balaban J connectivity index is 1.84. The van der Waals surface area contributed by atoms with Crippen LogP contribution in [0.3, 0.4) is 0 Å². The van der Waals surface area contributed by atoms with Crippen LogP contribution in [0.5, 0.6) is 0 Å². The Kier molecular flexibility index (Phi) is 4.39. The molecule has 0 unspecified atom stereocenters. The molecule has 0 amide bonds. The van der Waals surface area contributed by atoms with Gasteiger partial charge in [-0.3, -0.25) is 0 Å². The molecule has 4 nitrogen and oxygen atoms in total. The summed E-state index contributed by atoms with van der Waals surface area (Å²) < 4.78 is 13.3. The van der Waals surface area contributed by atoms with E-state index in [4.69, 9.17) is 11.6 Å². The third-order valence-corrected chi connectivity index (χ3v) is 3.27. The fourth-order valence-corrected chi connectivity index (χ4v) is 2.31. The van der Waals surface area contributed by atoms with Crippen LogP contribution < -0.4 is 10.6 Å². The van der Waals surface area contributed by atoms with Crippen LogP contribution in [0, 0.1) is 12.7 Å². The average Bonchev–Trinajstić information content (AvgIpc) is 2.46.